The number of nitrogens with zero attached hydrogens (tertiary/aromatic N) is 1. The molecule has 0 atom stereocenters. The highest BCUT2D eigenvalue weighted by Gasteiger charge is 2.29. The zero-order valence-corrected chi connectivity index (χ0v) is 10.9. The van der Waals surface area contributed by atoms with E-state index in [-0.39, 0.29) is 5.91 Å². The molecule has 1 aliphatic rings. The Morgan fingerprint density at radius 3 is 2.36 bits per heavy atom. The molecule has 0 bridgehead atoms. The zero-order valence-electron chi connectivity index (χ0n) is 9.35. The molecule has 0 aromatic carbocycles. The van der Waals surface area contributed by atoms with E-state index in [4.69, 9.17) is 0 Å². The Labute approximate surface area is 95.2 Å². The number of hydrogen-bond acceptors (Lipinski definition) is 1. The van der Waals surface area contributed by atoms with E-state index in [0.717, 1.165) is 12.8 Å². The first kappa shape index (κ1) is 12.0. The van der Waals surface area contributed by atoms with Crippen LogP contribution in [0.2, 0.25) is 0 Å². The quantitative estimate of drug-likeness (QED) is 0.701. The Bertz CT molecular complexity index is 205. The van der Waals surface area contributed by atoms with E-state index in [1.807, 2.05) is 11.9 Å². The highest BCUT2D eigenvalue weighted by Crippen LogP contribution is 2.36. The molecule has 0 aliphatic heterocycles. The zero-order chi connectivity index (χ0) is 10.8. The molecule has 1 amide bonds. The molecule has 2 nitrogen and oxygen atoms in total. The van der Waals surface area contributed by atoms with Gasteiger partial charge in [-0.25, -0.2) is 0 Å². The van der Waals surface area contributed by atoms with Crippen molar-refractivity contribution in [2.45, 2.75) is 45.6 Å². The van der Waals surface area contributed by atoms with E-state index in [1.54, 1.807) is 0 Å². The molecule has 14 heavy (non-hydrogen) atoms. The van der Waals surface area contributed by atoms with Gasteiger partial charge in [0.15, 0.2) is 0 Å². The minimum atomic E-state index is 0.203. The van der Waals surface area contributed by atoms with Gasteiger partial charge < -0.3 is 4.90 Å². The van der Waals surface area contributed by atoms with E-state index >= 15 is 0 Å². The van der Waals surface area contributed by atoms with Crippen LogP contribution in [0, 0.1) is 5.41 Å². The number of hydrogen-bond donors (Lipinski definition) is 0. The van der Waals surface area contributed by atoms with Crippen molar-refractivity contribution < 1.29 is 4.79 Å². The second-order valence-corrected chi connectivity index (χ2v) is 5.59. The maximum Gasteiger partial charge on any atom is 0.233 e. The summed E-state index contributed by atoms with van der Waals surface area (Å²) in [7, 11) is 1.92. The molecular formula is C11H20BrNO. The molecule has 0 N–H and O–H groups in total. The van der Waals surface area contributed by atoms with Crippen molar-refractivity contribution in [1.29, 1.82) is 0 Å². The Morgan fingerprint density at radius 1 is 1.43 bits per heavy atom. The molecule has 0 aromatic rings. The summed E-state index contributed by atoms with van der Waals surface area (Å²) in [6.45, 7) is 4.63. The van der Waals surface area contributed by atoms with Gasteiger partial charge in [0.05, 0.1) is 5.33 Å². The van der Waals surface area contributed by atoms with Crippen molar-refractivity contribution in [3.63, 3.8) is 0 Å². The maximum absolute atomic E-state index is 11.5. The fourth-order valence-corrected chi connectivity index (χ4v) is 2.46. The summed E-state index contributed by atoms with van der Waals surface area (Å²) in [5, 5.41) is 0.448. The van der Waals surface area contributed by atoms with Crippen LogP contribution >= 0.6 is 15.9 Å². The normalized spacial score (nSPS) is 22.0. The lowest BCUT2D eigenvalue weighted by molar-refractivity contribution is -0.130. The number of amides is 1. The van der Waals surface area contributed by atoms with Crippen LogP contribution in [-0.2, 0) is 4.79 Å². The van der Waals surface area contributed by atoms with Gasteiger partial charge in [-0.3, -0.25) is 4.79 Å². The van der Waals surface area contributed by atoms with Gasteiger partial charge in [-0.2, -0.15) is 0 Å². The summed E-state index contributed by atoms with van der Waals surface area (Å²) in [6, 6.07) is 0.466. The smallest absolute Gasteiger partial charge is 0.233 e. The molecule has 1 saturated carbocycles. The average Bonchev–Trinajstić information content (AvgIpc) is 2.15. The average molecular weight is 262 g/mol. The lowest BCUT2D eigenvalue weighted by Crippen LogP contribution is -2.41. The van der Waals surface area contributed by atoms with Crippen molar-refractivity contribution >= 4 is 21.8 Å². The second-order valence-electron chi connectivity index (χ2n) is 5.03. The first-order valence-electron chi connectivity index (χ1n) is 5.28. The number of carbonyl (C=O) groups is 1. The van der Waals surface area contributed by atoms with Crippen molar-refractivity contribution in [2.24, 2.45) is 5.41 Å². The van der Waals surface area contributed by atoms with Gasteiger partial charge in [-0.1, -0.05) is 29.8 Å². The summed E-state index contributed by atoms with van der Waals surface area (Å²) in [5.41, 5.74) is 0.481. The van der Waals surface area contributed by atoms with Gasteiger partial charge in [0.2, 0.25) is 5.91 Å². The minimum absolute atomic E-state index is 0.203. The molecule has 0 unspecified atom stereocenters. The van der Waals surface area contributed by atoms with Crippen LogP contribution in [0.1, 0.15) is 39.5 Å². The van der Waals surface area contributed by atoms with Crippen LogP contribution in [0.3, 0.4) is 0 Å². The molecule has 82 valence electrons. The molecule has 1 aliphatic carbocycles. The van der Waals surface area contributed by atoms with E-state index in [9.17, 15) is 4.79 Å². The fourth-order valence-electron chi connectivity index (χ4n) is 2.07. The van der Waals surface area contributed by atoms with Crippen LogP contribution in [0.25, 0.3) is 0 Å². The third kappa shape index (κ3) is 2.97. The number of rotatable bonds is 2. The molecule has 1 rings (SSSR count). The molecule has 0 aromatic heterocycles. The number of alkyl halides is 1. The first-order chi connectivity index (χ1) is 6.46. The second kappa shape index (κ2) is 4.65. The minimum Gasteiger partial charge on any atom is -0.342 e. The van der Waals surface area contributed by atoms with Crippen molar-refractivity contribution in [3.05, 3.63) is 0 Å². The SMILES string of the molecule is CN(C(=O)CBr)C1CCC(C)(C)CC1. The molecule has 0 saturated heterocycles. The van der Waals surface area contributed by atoms with E-state index in [1.165, 1.54) is 12.8 Å². The largest absolute Gasteiger partial charge is 0.342 e. The van der Waals surface area contributed by atoms with Gasteiger partial charge in [0.25, 0.3) is 0 Å². The molecular weight excluding hydrogens is 242 g/mol. The van der Waals surface area contributed by atoms with Gasteiger partial charge in [-0.15, -0.1) is 0 Å². The van der Waals surface area contributed by atoms with Crippen LogP contribution in [0.15, 0.2) is 0 Å². The number of carbonyl (C=O) groups excluding carboxylic acids is 1. The van der Waals surface area contributed by atoms with Crippen LogP contribution in [0.4, 0.5) is 0 Å². The summed E-state index contributed by atoms with van der Waals surface area (Å²) >= 11 is 3.21. The third-order valence-electron chi connectivity index (χ3n) is 3.36. The Morgan fingerprint density at radius 2 is 1.93 bits per heavy atom. The Balaban J connectivity index is 2.45. The highest BCUT2D eigenvalue weighted by molar-refractivity contribution is 9.09. The topological polar surface area (TPSA) is 20.3 Å². The predicted octanol–water partition coefficient (Wildman–Crippen LogP) is 2.81. The van der Waals surface area contributed by atoms with E-state index < -0.39 is 0 Å². The molecule has 0 heterocycles. The summed E-state index contributed by atoms with van der Waals surface area (Å²) in [5.74, 6) is 0.203. The lowest BCUT2D eigenvalue weighted by atomic mass is 9.75. The molecule has 0 radical (unpaired) electrons. The van der Waals surface area contributed by atoms with Gasteiger partial charge in [0.1, 0.15) is 0 Å². The number of halogens is 1. The van der Waals surface area contributed by atoms with Crippen molar-refractivity contribution in [1.82, 2.24) is 4.90 Å². The first-order valence-corrected chi connectivity index (χ1v) is 6.40. The van der Waals surface area contributed by atoms with E-state index in [0.29, 0.717) is 16.8 Å². The molecule has 0 spiro atoms. The van der Waals surface area contributed by atoms with Gasteiger partial charge in [-0.05, 0) is 31.1 Å². The third-order valence-corrected chi connectivity index (χ3v) is 3.84. The summed E-state index contributed by atoms with van der Waals surface area (Å²) in [4.78, 5) is 13.4. The molecule has 1 fully saturated rings. The van der Waals surface area contributed by atoms with Crippen LogP contribution in [0.5, 0.6) is 0 Å². The summed E-state index contributed by atoms with van der Waals surface area (Å²) < 4.78 is 0. The fraction of sp³-hybridized carbons (Fsp3) is 0.909. The van der Waals surface area contributed by atoms with Crippen molar-refractivity contribution in [2.75, 3.05) is 12.4 Å². The predicted molar refractivity (Wildman–Crippen MR) is 62.6 cm³/mol. The maximum atomic E-state index is 11.5. The Kier molecular flexibility index (Phi) is 3.99. The van der Waals surface area contributed by atoms with Gasteiger partial charge >= 0.3 is 0 Å². The van der Waals surface area contributed by atoms with Crippen LogP contribution in [-0.4, -0.2) is 29.2 Å². The lowest BCUT2D eigenvalue weighted by Gasteiger charge is -2.38. The summed E-state index contributed by atoms with van der Waals surface area (Å²) in [6.07, 6.45) is 4.78. The van der Waals surface area contributed by atoms with Crippen molar-refractivity contribution in [3.8, 4) is 0 Å². The highest BCUT2D eigenvalue weighted by atomic mass is 79.9. The van der Waals surface area contributed by atoms with Gasteiger partial charge in [0, 0.05) is 13.1 Å². The Hall–Kier alpha value is -0.0500. The van der Waals surface area contributed by atoms with E-state index in [2.05, 4.69) is 29.8 Å². The van der Waals surface area contributed by atoms with Crippen LogP contribution < -0.4 is 0 Å². The standard InChI is InChI=1S/C11H20BrNO/c1-11(2)6-4-9(5-7-11)13(3)10(14)8-12/h9H,4-8H2,1-3H3. The monoisotopic (exact) mass is 261 g/mol. The molecule has 3 heteroatoms.